The van der Waals surface area contributed by atoms with Crippen LogP contribution in [0, 0.1) is 0 Å². The summed E-state index contributed by atoms with van der Waals surface area (Å²) in [5, 5.41) is 7.46. The summed E-state index contributed by atoms with van der Waals surface area (Å²) >= 11 is 0. The SMILES string of the molecule is COc1ccc2c(-c3ccc(Nc4ccc(N5CCN(C)CC5)cn4)c4c3CNC4=O)c[nH]c2c1. The van der Waals surface area contributed by atoms with Crippen LogP contribution in [0.4, 0.5) is 17.2 Å². The van der Waals surface area contributed by atoms with Crippen LogP contribution < -0.4 is 20.3 Å². The van der Waals surface area contributed by atoms with E-state index in [1.807, 2.05) is 36.7 Å². The molecule has 0 saturated carbocycles. The van der Waals surface area contributed by atoms with E-state index in [4.69, 9.17) is 4.74 Å². The molecule has 0 radical (unpaired) electrons. The number of pyridine rings is 1. The molecule has 8 heteroatoms. The number of H-pyrrole nitrogens is 1. The molecule has 35 heavy (non-hydrogen) atoms. The number of benzene rings is 2. The van der Waals surface area contributed by atoms with Crippen molar-refractivity contribution in [3.8, 4) is 16.9 Å². The van der Waals surface area contributed by atoms with Gasteiger partial charge in [0.05, 0.1) is 30.2 Å². The highest BCUT2D eigenvalue weighted by Crippen LogP contribution is 2.38. The number of aromatic amines is 1. The molecule has 0 atom stereocenters. The lowest BCUT2D eigenvalue weighted by molar-refractivity contribution is 0.0966. The minimum atomic E-state index is -0.0695. The highest BCUT2D eigenvalue weighted by Gasteiger charge is 2.27. The Labute approximate surface area is 203 Å². The van der Waals surface area contributed by atoms with Crippen LogP contribution >= 0.6 is 0 Å². The second-order valence-electron chi connectivity index (χ2n) is 9.13. The molecule has 3 N–H and O–H groups in total. The summed E-state index contributed by atoms with van der Waals surface area (Å²) in [5.74, 6) is 1.45. The summed E-state index contributed by atoms with van der Waals surface area (Å²) in [6.07, 6.45) is 3.90. The van der Waals surface area contributed by atoms with Crippen molar-refractivity contribution in [2.45, 2.75) is 6.54 Å². The highest BCUT2D eigenvalue weighted by atomic mass is 16.5. The number of rotatable bonds is 5. The van der Waals surface area contributed by atoms with E-state index in [1.54, 1.807) is 7.11 Å². The van der Waals surface area contributed by atoms with Crippen LogP contribution in [0.5, 0.6) is 5.75 Å². The van der Waals surface area contributed by atoms with Crippen LogP contribution in [0.25, 0.3) is 22.0 Å². The molecule has 0 unspecified atom stereocenters. The molecule has 0 spiro atoms. The number of likely N-dealkylation sites (N-methyl/N-ethyl adjacent to an activating group) is 1. The minimum absolute atomic E-state index is 0.0695. The number of aromatic nitrogens is 2. The number of nitrogens with one attached hydrogen (secondary N) is 3. The van der Waals surface area contributed by atoms with Crippen molar-refractivity contribution in [2.24, 2.45) is 0 Å². The van der Waals surface area contributed by atoms with E-state index in [9.17, 15) is 4.79 Å². The lowest BCUT2D eigenvalue weighted by atomic mass is 9.95. The first kappa shape index (κ1) is 21.5. The average molecular weight is 469 g/mol. The normalized spacial score (nSPS) is 15.8. The lowest BCUT2D eigenvalue weighted by Crippen LogP contribution is -2.44. The second kappa shape index (κ2) is 8.63. The summed E-state index contributed by atoms with van der Waals surface area (Å²) in [4.78, 5) is 25.5. The van der Waals surface area contributed by atoms with Gasteiger partial charge in [-0.2, -0.15) is 0 Å². The van der Waals surface area contributed by atoms with E-state index in [0.29, 0.717) is 12.1 Å². The maximum atomic E-state index is 12.8. The van der Waals surface area contributed by atoms with Crippen molar-refractivity contribution in [3.05, 3.63) is 66.0 Å². The Balaban J connectivity index is 1.30. The number of carbonyl (C=O) groups is 1. The van der Waals surface area contributed by atoms with Crippen LogP contribution in [0.1, 0.15) is 15.9 Å². The smallest absolute Gasteiger partial charge is 0.254 e. The fourth-order valence-corrected chi connectivity index (χ4v) is 5.01. The van der Waals surface area contributed by atoms with Gasteiger partial charge in [0.2, 0.25) is 0 Å². The van der Waals surface area contributed by atoms with Gasteiger partial charge in [-0.05, 0) is 48.5 Å². The van der Waals surface area contributed by atoms with E-state index < -0.39 is 0 Å². The van der Waals surface area contributed by atoms with E-state index in [2.05, 4.69) is 55.6 Å². The third kappa shape index (κ3) is 3.85. The predicted octanol–water partition coefficient (Wildman–Crippen LogP) is 3.98. The first-order valence-corrected chi connectivity index (χ1v) is 11.9. The van der Waals surface area contributed by atoms with Crippen LogP contribution in [0.3, 0.4) is 0 Å². The van der Waals surface area contributed by atoms with Gasteiger partial charge in [-0.1, -0.05) is 6.07 Å². The molecule has 178 valence electrons. The lowest BCUT2D eigenvalue weighted by Gasteiger charge is -2.33. The maximum absolute atomic E-state index is 12.8. The molecule has 2 aliphatic rings. The topological polar surface area (TPSA) is 85.5 Å². The Morgan fingerprint density at radius 3 is 2.66 bits per heavy atom. The number of amides is 1. The molecule has 0 aliphatic carbocycles. The number of fused-ring (bicyclic) bond motifs is 2. The number of nitrogens with zero attached hydrogens (tertiary/aromatic N) is 3. The standard InChI is InChI=1S/C27H28N6O2/c1-32-9-11-33(12-10-32)17-3-8-25(29-14-17)31-23-7-6-19(22-16-30-27(34)26(22)23)21-15-28-24-13-18(35-2)4-5-20(21)24/h3-8,13-15,28H,9-12,16H2,1-2H3,(H,29,31)(H,30,34). The van der Waals surface area contributed by atoms with Crippen molar-refractivity contribution in [3.63, 3.8) is 0 Å². The largest absolute Gasteiger partial charge is 0.497 e. The third-order valence-electron chi connectivity index (χ3n) is 7.02. The van der Waals surface area contributed by atoms with E-state index in [-0.39, 0.29) is 5.91 Å². The van der Waals surface area contributed by atoms with Gasteiger partial charge in [-0.15, -0.1) is 0 Å². The number of methoxy groups -OCH3 is 1. The zero-order chi connectivity index (χ0) is 23.9. The molecule has 0 bridgehead atoms. The summed E-state index contributed by atoms with van der Waals surface area (Å²) in [5.41, 5.74) is 6.66. The molecule has 1 saturated heterocycles. The molecule has 4 aromatic rings. The Kier molecular flexibility index (Phi) is 5.30. The summed E-state index contributed by atoms with van der Waals surface area (Å²) < 4.78 is 5.35. The Bertz CT molecular complexity index is 1400. The number of anilines is 3. The van der Waals surface area contributed by atoms with Gasteiger partial charge in [-0.25, -0.2) is 4.98 Å². The van der Waals surface area contributed by atoms with Gasteiger partial charge in [0.25, 0.3) is 5.91 Å². The average Bonchev–Trinajstić information content (AvgIpc) is 3.49. The molecule has 8 nitrogen and oxygen atoms in total. The van der Waals surface area contributed by atoms with E-state index in [0.717, 1.165) is 76.7 Å². The molecule has 6 rings (SSSR count). The second-order valence-corrected chi connectivity index (χ2v) is 9.13. The van der Waals surface area contributed by atoms with Crippen molar-refractivity contribution in [1.82, 2.24) is 20.2 Å². The third-order valence-corrected chi connectivity index (χ3v) is 7.02. The predicted molar refractivity (Wildman–Crippen MR) is 139 cm³/mol. The molecule has 2 aromatic carbocycles. The fourth-order valence-electron chi connectivity index (χ4n) is 5.01. The van der Waals surface area contributed by atoms with Crippen LogP contribution in [0.2, 0.25) is 0 Å². The summed E-state index contributed by atoms with van der Waals surface area (Å²) in [6.45, 7) is 4.61. The van der Waals surface area contributed by atoms with Gasteiger partial charge < -0.3 is 30.2 Å². The van der Waals surface area contributed by atoms with Gasteiger partial charge >= 0.3 is 0 Å². The van der Waals surface area contributed by atoms with Crippen molar-refractivity contribution in [1.29, 1.82) is 0 Å². The Morgan fingerprint density at radius 1 is 1.03 bits per heavy atom. The fraction of sp³-hybridized carbons (Fsp3) is 0.259. The number of piperazine rings is 1. The number of carbonyl (C=O) groups excluding carboxylic acids is 1. The number of ether oxygens (including phenoxy) is 1. The summed E-state index contributed by atoms with van der Waals surface area (Å²) in [6, 6.07) is 14.1. The molecule has 1 amide bonds. The molecular weight excluding hydrogens is 440 g/mol. The van der Waals surface area contributed by atoms with Gasteiger partial charge in [0.15, 0.2) is 0 Å². The number of hydrogen-bond donors (Lipinski definition) is 3. The molecular formula is C27H28N6O2. The van der Waals surface area contributed by atoms with Crippen molar-refractivity contribution in [2.75, 3.05) is 50.6 Å². The molecule has 2 aliphatic heterocycles. The monoisotopic (exact) mass is 468 g/mol. The zero-order valence-corrected chi connectivity index (χ0v) is 19.9. The zero-order valence-electron chi connectivity index (χ0n) is 19.9. The van der Waals surface area contributed by atoms with E-state index in [1.165, 1.54) is 0 Å². The van der Waals surface area contributed by atoms with Gasteiger partial charge in [0.1, 0.15) is 11.6 Å². The minimum Gasteiger partial charge on any atom is -0.497 e. The van der Waals surface area contributed by atoms with Crippen LogP contribution in [0.15, 0.2) is 54.9 Å². The van der Waals surface area contributed by atoms with Crippen molar-refractivity contribution < 1.29 is 9.53 Å². The highest BCUT2D eigenvalue weighted by molar-refractivity contribution is 6.08. The number of hydrogen-bond acceptors (Lipinski definition) is 6. The van der Waals surface area contributed by atoms with Crippen LogP contribution in [-0.4, -0.2) is 61.1 Å². The Morgan fingerprint density at radius 2 is 1.89 bits per heavy atom. The van der Waals surface area contributed by atoms with Crippen LogP contribution in [-0.2, 0) is 6.54 Å². The first-order valence-electron chi connectivity index (χ1n) is 11.9. The van der Waals surface area contributed by atoms with E-state index >= 15 is 0 Å². The Hall–Kier alpha value is -4.04. The molecule has 2 aromatic heterocycles. The molecule has 4 heterocycles. The van der Waals surface area contributed by atoms with Gasteiger partial charge in [0, 0.05) is 61.5 Å². The molecule has 1 fully saturated rings. The van der Waals surface area contributed by atoms with Gasteiger partial charge in [-0.3, -0.25) is 4.79 Å². The first-order chi connectivity index (χ1) is 17.1. The van der Waals surface area contributed by atoms with Crippen molar-refractivity contribution >= 4 is 34.0 Å². The maximum Gasteiger partial charge on any atom is 0.254 e. The summed E-state index contributed by atoms with van der Waals surface area (Å²) in [7, 11) is 3.81. The quantitative estimate of drug-likeness (QED) is 0.411.